The minimum absolute atomic E-state index is 0.150. The summed E-state index contributed by atoms with van der Waals surface area (Å²) in [6.07, 6.45) is 1.74. The summed E-state index contributed by atoms with van der Waals surface area (Å²) in [6.45, 7) is 1.06. The Hall–Kier alpha value is -2.36. The average molecular weight is 434 g/mol. The van der Waals surface area contributed by atoms with Crippen molar-refractivity contribution in [2.24, 2.45) is 0 Å². The molecule has 1 aliphatic heterocycles. The second-order valence-electron chi connectivity index (χ2n) is 6.85. The van der Waals surface area contributed by atoms with Crippen molar-refractivity contribution in [3.63, 3.8) is 0 Å². The number of nitrogens with one attached hydrogen (secondary N) is 1. The molecular formula is C20H23N3O4S2. The van der Waals surface area contributed by atoms with Gasteiger partial charge in [0, 0.05) is 37.6 Å². The first-order chi connectivity index (χ1) is 13.8. The zero-order chi connectivity index (χ0) is 21.0. The molecule has 1 N–H and O–H groups in total. The number of anilines is 1. The first kappa shape index (κ1) is 21.4. The Labute approximate surface area is 175 Å². The lowest BCUT2D eigenvalue weighted by atomic mass is 10.2. The van der Waals surface area contributed by atoms with E-state index in [4.69, 9.17) is 0 Å². The van der Waals surface area contributed by atoms with Gasteiger partial charge in [-0.15, -0.1) is 0 Å². The lowest BCUT2D eigenvalue weighted by molar-refractivity contribution is 0.102. The lowest BCUT2D eigenvalue weighted by Gasteiger charge is -2.16. The number of carbonyl (C=O) groups is 2. The molecule has 0 aromatic heterocycles. The third kappa shape index (κ3) is 4.98. The molecule has 0 aliphatic carbocycles. The standard InChI is InChI=1S/C20H23N3O4S2/c1-22(2)20(25)28-18-8-4-3-7-17(18)21-19(24)15-9-11-16(12-10-15)29(26,27)23-13-5-6-14-23/h3-4,7-12H,5-6,13-14H2,1-2H3,(H,21,24). The summed E-state index contributed by atoms with van der Waals surface area (Å²) in [5, 5.41) is 2.64. The highest BCUT2D eigenvalue weighted by Gasteiger charge is 2.27. The highest BCUT2D eigenvalue weighted by molar-refractivity contribution is 8.13. The minimum atomic E-state index is -3.51. The fourth-order valence-electron chi connectivity index (χ4n) is 2.89. The molecular weight excluding hydrogens is 410 g/mol. The first-order valence-corrected chi connectivity index (χ1v) is 11.4. The lowest BCUT2D eigenvalue weighted by Crippen LogP contribution is -2.27. The highest BCUT2D eigenvalue weighted by atomic mass is 32.2. The molecule has 1 saturated heterocycles. The van der Waals surface area contributed by atoms with Gasteiger partial charge in [-0.1, -0.05) is 12.1 Å². The van der Waals surface area contributed by atoms with Crippen molar-refractivity contribution in [2.75, 3.05) is 32.5 Å². The predicted molar refractivity (Wildman–Crippen MR) is 114 cm³/mol. The molecule has 0 radical (unpaired) electrons. The fraction of sp³-hybridized carbons (Fsp3) is 0.300. The Bertz CT molecular complexity index is 999. The monoisotopic (exact) mass is 433 g/mol. The van der Waals surface area contributed by atoms with Crippen molar-refractivity contribution in [1.29, 1.82) is 0 Å². The van der Waals surface area contributed by atoms with Crippen LogP contribution in [0.25, 0.3) is 0 Å². The van der Waals surface area contributed by atoms with Gasteiger partial charge < -0.3 is 10.2 Å². The molecule has 9 heteroatoms. The van der Waals surface area contributed by atoms with Crippen LogP contribution in [0.5, 0.6) is 0 Å². The summed E-state index contributed by atoms with van der Waals surface area (Å²) in [4.78, 5) is 26.9. The number of benzene rings is 2. The van der Waals surface area contributed by atoms with Crippen LogP contribution in [0.4, 0.5) is 10.5 Å². The maximum atomic E-state index is 12.6. The molecule has 0 bridgehead atoms. The van der Waals surface area contributed by atoms with Gasteiger partial charge in [-0.2, -0.15) is 4.31 Å². The number of amides is 2. The first-order valence-electron chi connectivity index (χ1n) is 9.19. The van der Waals surface area contributed by atoms with Gasteiger partial charge in [0.15, 0.2) is 0 Å². The molecule has 2 aromatic carbocycles. The van der Waals surface area contributed by atoms with Crippen LogP contribution in [-0.4, -0.2) is 56.0 Å². The average Bonchev–Trinajstić information content (AvgIpc) is 3.25. The fourth-order valence-corrected chi connectivity index (χ4v) is 5.16. The van der Waals surface area contributed by atoms with Gasteiger partial charge >= 0.3 is 0 Å². The van der Waals surface area contributed by atoms with Crippen LogP contribution >= 0.6 is 11.8 Å². The van der Waals surface area contributed by atoms with E-state index in [0.29, 0.717) is 29.2 Å². The summed E-state index contributed by atoms with van der Waals surface area (Å²) < 4.78 is 26.7. The number of carbonyl (C=O) groups excluding carboxylic acids is 2. The SMILES string of the molecule is CN(C)C(=O)Sc1ccccc1NC(=O)c1ccc(S(=O)(=O)N2CCCC2)cc1. The molecule has 1 fully saturated rings. The number of para-hydroxylation sites is 1. The Balaban J connectivity index is 1.74. The van der Waals surface area contributed by atoms with Crippen molar-refractivity contribution in [1.82, 2.24) is 9.21 Å². The van der Waals surface area contributed by atoms with Crippen LogP contribution in [0, 0.1) is 0 Å². The number of sulfonamides is 1. The molecule has 29 heavy (non-hydrogen) atoms. The van der Waals surface area contributed by atoms with Crippen molar-refractivity contribution in [3.8, 4) is 0 Å². The number of nitrogens with zero attached hydrogens (tertiary/aromatic N) is 2. The molecule has 7 nitrogen and oxygen atoms in total. The molecule has 1 aliphatic rings. The Morgan fingerprint density at radius 1 is 1.00 bits per heavy atom. The number of rotatable bonds is 5. The van der Waals surface area contributed by atoms with E-state index in [-0.39, 0.29) is 16.0 Å². The zero-order valence-corrected chi connectivity index (χ0v) is 17.9. The maximum absolute atomic E-state index is 12.6. The smallest absolute Gasteiger partial charge is 0.286 e. The Kier molecular flexibility index (Phi) is 6.61. The predicted octanol–water partition coefficient (Wildman–Crippen LogP) is 3.50. The topological polar surface area (TPSA) is 86.8 Å². The van der Waals surface area contributed by atoms with Crippen LogP contribution < -0.4 is 5.32 Å². The second kappa shape index (κ2) is 8.98. The molecule has 2 aromatic rings. The molecule has 0 unspecified atom stereocenters. The van der Waals surface area contributed by atoms with E-state index in [9.17, 15) is 18.0 Å². The molecule has 0 spiro atoms. The van der Waals surface area contributed by atoms with E-state index in [2.05, 4.69) is 5.32 Å². The highest BCUT2D eigenvalue weighted by Crippen LogP contribution is 2.29. The molecule has 3 rings (SSSR count). The van der Waals surface area contributed by atoms with E-state index < -0.39 is 10.0 Å². The molecule has 2 amide bonds. The van der Waals surface area contributed by atoms with Crippen molar-refractivity contribution in [2.45, 2.75) is 22.6 Å². The van der Waals surface area contributed by atoms with Crippen molar-refractivity contribution in [3.05, 3.63) is 54.1 Å². The quantitative estimate of drug-likeness (QED) is 0.730. The molecule has 1 heterocycles. The van der Waals surface area contributed by atoms with Gasteiger partial charge in [-0.3, -0.25) is 9.59 Å². The Morgan fingerprint density at radius 2 is 1.62 bits per heavy atom. The van der Waals surface area contributed by atoms with Gasteiger partial charge in [0.05, 0.1) is 10.6 Å². The third-order valence-electron chi connectivity index (χ3n) is 4.52. The van der Waals surface area contributed by atoms with Gasteiger partial charge in [-0.05, 0) is 61.0 Å². The minimum Gasteiger partial charge on any atom is -0.339 e. The number of hydrogen-bond acceptors (Lipinski definition) is 5. The van der Waals surface area contributed by atoms with E-state index in [1.807, 2.05) is 0 Å². The van der Waals surface area contributed by atoms with Crippen LogP contribution in [-0.2, 0) is 10.0 Å². The van der Waals surface area contributed by atoms with Gasteiger partial charge in [0.25, 0.3) is 11.1 Å². The molecule has 0 saturated carbocycles. The summed E-state index contributed by atoms with van der Waals surface area (Å²) >= 11 is 1.02. The maximum Gasteiger partial charge on any atom is 0.286 e. The van der Waals surface area contributed by atoms with Gasteiger partial charge in [-0.25, -0.2) is 8.42 Å². The number of thioether (sulfide) groups is 1. The van der Waals surface area contributed by atoms with Crippen LogP contribution in [0.1, 0.15) is 23.2 Å². The third-order valence-corrected chi connectivity index (χ3v) is 7.55. The van der Waals surface area contributed by atoms with Crippen LogP contribution in [0.2, 0.25) is 0 Å². The van der Waals surface area contributed by atoms with Crippen LogP contribution in [0.3, 0.4) is 0 Å². The zero-order valence-electron chi connectivity index (χ0n) is 16.3. The van der Waals surface area contributed by atoms with E-state index in [0.717, 1.165) is 24.6 Å². The normalized spacial score (nSPS) is 14.6. The van der Waals surface area contributed by atoms with E-state index in [1.165, 1.54) is 33.5 Å². The van der Waals surface area contributed by atoms with Gasteiger partial charge in [0.2, 0.25) is 10.0 Å². The molecule has 154 valence electrons. The summed E-state index contributed by atoms with van der Waals surface area (Å²) in [6, 6.07) is 12.9. The number of hydrogen-bond donors (Lipinski definition) is 1. The second-order valence-corrected chi connectivity index (χ2v) is 9.78. The summed E-state index contributed by atoms with van der Waals surface area (Å²) in [7, 11) is -0.190. The van der Waals surface area contributed by atoms with Gasteiger partial charge in [0.1, 0.15) is 0 Å². The largest absolute Gasteiger partial charge is 0.339 e. The molecule has 0 atom stereocenters. The summed E-state index contributed by atoms with van der Waals surface area (Å²) in [5.74, 6) is -0.375. The van der Waals surface area contributed by atoms with E-state index in [1.54, 1.807) is 38.4 Å². The van der Waals surface area contributed by atoms with Crippen molar-refractivity contribution < 1.29 is 18.0 Å². The van der Waals surface area contributed by atoms with Crippen LogP contribution in [0.15, 0.2) is 58.3 Å². The Morgan fingerprint density at radius 3 is 2.24 bits per heavy atom. The van der Waals surface area contributed by atoms with E-state index >= 15 is 0 Å². The van der Waals surface area contributed by atoms with Crippen molar-refractivity contribution >= 4 is 38.6 Å². The summed E-state index contributed by atoms with van der Waals surface area (Å²) in [5.41, 5.74) is 0.857.